The van der Waals surface area contributed by atoms with E-state index < -0.39 is 0 Å². The highest BCUT2D eigenvalue weighted by atomic mass is 32.1. The van der Waals surface area contributed by atoms with Crippen molar-refractivity contribution in [1.82, 2.24) is 15.6 Å². The van der Waals surface area contributed by atoms with Gasteiger partial charge in [-0.3, -0.25) is 4.98 Å². The fourth-order valence-electron chi connectivity index (χ4n) is 2.23. The van der Waals surface area contributed by atoms with E-state index in [1.54, 1.807) is 13.3 Å². The molecule has 1 aliphatic heterocycles. The third-order valence-corrected chi connectivity index (χ3v) is 3.54. The number of nitrogens with one attached hydrogen (secondary N) is 2. The van der Waals surface area contributed by atoms with Crippen molar-refractivity contribution in [1.29, 1.82) is 0 Å². The van der Waals surface area contributed by atoms with Gasteiger partial charge in [0, 0.05) is 23.7 Å². The number of pyridine rings is 1. The maximum absolute atomic E-state index is 5.30. The van der Waals surface area contributed by atoms with Crippen LogP contribution in [0.5, 0.6) is 5.75 Å². The maximum atomic E-state index is 5.30. The lowest BCUT2D eigenvalue weighted by atomic mass is 10.0. The van der Waals surface area contributed by atoms with E-state index in [1.807, 2.05) is 42.6 Å². The molecule has 0 saturated heterocycles. The molecule has 0 radical (unpaired) electrons. The second kappa shape index (κ2) is 5.93. The van der Waals surface area contributed by atoms with Gasteiger partial charge in [0.1, 0.15) is 5.75 Å². The number of ether oxygens (including phenoxy) is 1. The zero-order valence-electron chi connectivity index (χ0n) is 11.5. The Morgan fingerprint density at radius 1 is 1.19 bits per heavy atom. The van der Waals surface area contributed by atoms with Crippen molar-refractivity contribution >= 4 is 23.0 Å². The van der Waals surface area contributed by atoms with Gasteiger partial charge in [-0.1, -0.05) is 12.1 Å². The second-order valence-corrected chi connectivity index (χ2v) is 5.08. The number of methoxy groups -OCH3 is 1. The Bertz CT molecular complexity index is 668. The summed E-state index contributed by atoms with van der Waals surface area (Å²) in [5.41, 5.74) is 3.11. The molecule has 0 amide bonds. The molecule has 0 fully saturated rings. The molecular weight excluding hydrogens is 282 g/mol. The highest BCUT2D eigenvalue weighted by Gasteiger charge is 2.18. The highest BCUT2D eigenvalue weighted by Crippen LogP contribution is 2.24. The van der Waals surface area contributed by atoms with Crippen LogP contribution in [0, 0.1) is 0 Å². The summed E-state index contributed by atoms with van der Waals surface area (Å²) in [6.07, 6.45) is 5.68. The first kappa shape index (κ1) is 13.6. The van der Waals surface area contributed by atoms with Crippen molar-refractivity contribution in [3.05, 3.63) is 66.0 Å². The van der Waals surface area contributed by atoms with E-state index in [-0.39, 0.29) is 6.04 Å². The zero-order chi connectivity index (χ0) is 14.7. The van der Waals surface area contributed by atoms with Crippen molar-refractivity contribution < 1.29 is 4.74 Å². The van der Waals surface area contributed by atoms with Crippen molar-refractivity contribution in [3.63, 3.8) is 0 Å². The van der Waals surface area contributed by atoms with Crippen LogP contribution < -0.4 is 15.4 Å². The quantitative estimate of drug-likeness (QED) is 0.853. The van der Waals surface area contributed by atoms with Crippen molar-refractivity contribution in [2.45, 2.75) is 6.04 Å². The van der Waals surface area contributed by atoms with Crippen LogP contribution >= 0.6 is 12.2 Å². The average Bonchev–Trinajstić information content (AvgIpc) is 2.55. The molecule has 0 bridgehead atoms. The van der Waals surface area contributed by atoms with Crippen LogP contribution in [0.2, 0.25) is 0 Å². The summed E-state index contributed by atoms with van der Waals surface area (Å²) in [6.45, 7) is 0. The molecule has 21 heavy (non-hydrogen) atoms. The van der Waals surface area contributed by atoms with Gasteiger partial charge in [0.25, 0.3) is 0 Å². The standard InChI is InChI=1S/C16H15N3OS/c1-20-13-6-4-11(5-7-13)14-9-15(19-16(21)18-14)12-3-2-8-17-10-12/h2-10,14H,1H3,(H2,18,19,21). The Hall–Kier alpha value is -2.40. The third-order valence-electron chi connectivity index (χ3n) is 3.32. The van der Waals surface area contributed by atoms with Gasteiger partial charge in [-0.25, -0.2) is 0 Å². The Labute approximate surface area is 128 Å². The Morgan fingerprint density at radius 2 is 2.00 bits per heavy atom. The highest BCUT2D eigenvalue weighted by molar-refractivity contribution is 7.80. The third kappa shape index (κ3) is 3.03. The van der Waals surface area contributed by atoms with E-state index in [9.17, 15) is 0 Å². The molecule has 3 rings (SSSR count). The van der Waals surface area contributed by atoms with Gasteiger partial charge in [0.2, 0.25) is 0 Å². The molecular formula is C16H15N3OS. The molecule has 0 spiro atoms. The van der Waals surface area contributed by atoms with Crippen molar-refractivity contribution in [3.8, 4) is 5.75 Å². The monoisotopic (exact) mass is 297 g/mol. The predicted molar refractivity (Wildman–Crippen MR) is 86.8 cm³/mol. The van der Waals surface area contributed by atoms with Crippen LogP contribution in [-0.2, 0) is 0 Å². The second-order valence-electron chi connectivity index (χ2n) is 4.67. The molecule has 1 atom stereocenters. The molecule has 4 nitrogen and oxygen atoms in total. The topological polar surface area (TPSA) is 46.2 Å². The molecule has 1 unspecified atom stereocenters. The van der Waals surface area contributed by atoms with Crippen LogP contribution in [0.3, 0.4) is 0 Å². The predicted octanol–water partition coefficient (Wildman–Crippen LogP) is 2.65. The Morgan fingerprint density at radius 3 is 2.67 bits per heavy atom. The number of nitrogens with zero attached hydrogens (tertiary/aromatic N) is 1. The first-order chi connectivity index (χ1) is 10.3. The van der Waals surface area contributed by atoms with E-state index in [1.165, 1.54) is 0 Å². The summed E-state index contributed by atoms with van der Waals surface area (Å²) in [7, 11) is 1.66. The van der Waals surface area contributed by atoms with Gasteiger partial charge < -0.3 is 15.4 Å². The average molecular weight is 297 g/mol. The summed E-state index contributed by atoms with van der Waals surface area (Å²) in [4.78, 5) is 4.14. The van der Waals surface area contributed by atoms with Crippen LogP contribution in [0.25, 0.3) is 5.70 Å². The van der Waals surface area contributed by atoms with Gasteiger partial charge in [-0.2, -0.15) is 0 Å². The molecule has 0 saturated carbocycles. The lowest BCUT2D eigenvalue weighted by Gasteiger charge is -2.26. The zero-order valence-corrected chi connectivity index (χ0v) is 12.4. The van der Waals surface area contributed by atoms with E-state index in [4.69, 9.17) is 17.0 Å². The lowest BCUT2D eigenvalue weighted by Crippen LogP contribution is -2.40. The lowest BCUT2D eigenvalue weighted by molar-refractivity contribution is 0.414. The van der Waals surface area contributed by atoms with Gasteiger partial charge in [-0.05, 0) is 48.1 Å². The number of rotatable bonds is 3. The first-order valence-electron chi connectivity index (χ1n) is 6.60. The fraction of sp³-hybridized carbons (Fsp3) is 0.125. The van der Waals surface area contributed by atoms with E-state index in [2.05, 4.69) is 21.7 Å². The first-order valence-corrected chi connectivity index (χ1v) is 7.01. The molecule has 1 aliphatic rings. The summed E-state index contributed by atoms with van der Waals surface area (Å²) in [5, 5.41) is 7.03. The summed E-state index contributed by atoms with van der Waals surface area (Å²) in [5.74, 6) is 0.840. The van der Waals surface area contributed by atoms with Gasteiger partial charge >= 0.3 is 0 Å². The number of benzene rings is 1. The number of hydrogen-bond acceptors (Lipinski definition) is 3. The SMILES string of the molecule is COc1ccc(C2C=C(c3cccnc3)NC(=S)N2)cc1. The van der Waals surface area contributed by atoms with Crippen LogP contribution in [-0.4, -0.2) is 17.2 Å². The molecule has 1 aromatic heterocycles. The summed E-state index contributed by atoms with van der Waals surface area (Å²) < 4.78 is 5.19. The van der Waals surface area contributed by atoms with E-state index in [0.29, 0.717) is 5.11 Å². The van der Waals surface area contributed by atoms with Crippen molar-refractivity contribution in [2.75, 3.05) is 7.11 Å². The molecule has 5 heteroatoms. The van der Waals surface area contributed by atoms with E-state index >= 15 is 0 Å². The van der Waals surface area contributed by atoms with Gasteiger partial charge in [0.15, 0.2) is 5.11 Å². The minimum Gasteiger partial charge on any atom is -0.497 e. The van der Waals surface area contributed by atoms with Crippen LogP contribution in [0.1, 0.15) is 17.2 Å². The van der Waals surface area contributed by atoms with Crippen LogP contribution in [0.4, 0.5) is 0 Å². The largest absolute Gasteiger partial charge is 0.497 e. The maximum Gasteiger partial charge on any atom is 0.171 e. The minimum absolute atomic E-state index is 0.0277. The van der Waals surface area contributed by atoms with Gasteiger partial charge in [-0.15, -0.1) is 0 Å². The summed E-state index contributed by atoms with van der Waals surface area (Å²) >= 11 is 5.30. The smallest absolute Gasteiger partial charge is 0.171 e. The number of hydrogen-bond donors (Lipinski definition) is 2. The van der Waals surface area contributed by atoms with E-state index in [0.717, 1.165) is 22.6 Å². The molecule has 2 N–H and O–H groups in total. The fourth-order valence-corrected chi connectivity index (χ4v) is 2.47. The Balaban J connectivity index is 1.92. The molecule has 106 valence electrons. The Kier molecular flexibility index (Phi) is 3.83. The number of thiocarbonyl (C=S) groups is 1. The minimum atomic E-state index is 0.0277. The van der Waals surface area contributed by atoms with Crippen molar-refractivity contribution in [2.24, 2.45) is 0 Å². The number of aromatic nitrogens is 1. The molecule has 1 aromatic carbocycles. The molecule has 2 heterocycles. The molecule has 2 aromatic rings. The van der Waals surface area contributed by atoms with Gasteiger partial charge in [0.05, 0.1) is 13.2 Å². The summed E-state index contributed by atoms with van der Waals surface area (Å²) in [6, 6.07) is 11.9. The molecule has 0 aliphatic carbocycles. The van der Waals surface area contributed by atoms with Crippen LogP contribution in [0.15, 0.2) is 54.9 Å². The normalized spacial score (nSPS) is 17.5.